The quantitative estimate of drug-likeness (QED) is 0.331. The predicted molar refractivity (Wildman–Crippen MR) is 135 cm³/mol. The molecule has 0 radical (unpaired) electrons. The Morgan fingerprint density at radius 3 is 1.06 bits per heavy atom. The van der Waals surface area contributed by atoms with Crippen LogP contribution in [0.15, 0.2) is 121 Å². The van der Waals surface area contributed by atoms with Crippen molar-refractivity contribution in [1.29, 1.82) is 0 Å². The zero-order valence-corrected chi connectivity index (χ0v) is 19.1. The zero-order valence-electron chi connectivity index (χ0n) is 19.1. The van der Waals surface area contributed by atoms with Gasteiger partial charge in [0.1, 0.15) is 0 Å². The molecule has 0 heterocycles. The van der Waals surface area contributed by atoms with E-state index in [0.717, 1.165) is 11.1 Å². The van der Waals surface area contributed by atoms with E-state index in [1.54, 1.807) is 0 Å². The van der Waals surface area contributed by atoms with Crippen LogP contribution in [0.25, 0.3) is 0 Å². The second kappa shape index (κ2) is 11.6. The molecular weight excluding hydrogens is 420 g/mol. The SMILES string of the molecule is O=C(c1ccccc1)N(CCN(Cc1ccccc1)C(=O)c1ccccc1)Cc1ccccc1. The summed E-state index contributed by atoms with van der Waals surface area (Å²) in [6.07, 6.45) is 0. The van der Waals surface area contributed by atoms with Crippen LogP contribution in [-0.4, -0.2) is 34.7 Å². The Morgan fingerprint density at radius 2 is 0.735 bits per heavy atom. The van der Waals surface area contributed by atoms with Gasteiger partial charge >= 0.3 is 0 Å². The van der Waals surface area contributed by atoms with E-state index in [-0.39, 0.29) is 11.8 Å². The second-order valence-corrected chi connectivity index (χ2v) is 8.16. The molecule has 4 rings (SSSR count). The molecule has 4 aromatic rings. The summed E-state index contributed by atoms with van der Waals surface area (Å²) in [6.45, 7) is 1.81. The standard InChI is InChI=1S/C30H28N2O2/c33-29(27-17-9-3-10-18-27)31(23-25-13-5-1-6-14-25)21-22-32(24-26-15-7-2-8-16-26)30(34)28-19-11-4-12-20-28/h1-20H,21-24H2. The number of nitrogens with zero attached hydrogens (tertiary/aromatic N) is 2. The maximum absolute atomic E-state index is 13.4. The van der Waals surface area contributed by atoms with Crippen molar-refractivity contribution in [3.8, 4) is 0 Å². The molecule has 0 bridgehead atoms. The van der Waals surface area contributed by atoms with Crippen LogP contribution < -0.4 is 0 Å². The Hall–Kier alpha value is -4.18. The van der Waals surface area contributed by atoms with Gasteiger partial charge in [-0.25, -0.2) is 0 Å². The van der Waals surface area contributed by atoms with Gasteiger partial charge in [-0.05, 0) is 35.4 Å². The van der Waals surface area contributed by atoms with Gasteiger partial charge in [0.15, 0.2) is 0 Å². The Labute approximate surface area is 201 Å². The highest BCUT2D eigenvalue weighted by Gasteiger charge is 2.21. The van der Waals surface area contributed by atoms with Gasteiger partial charge in [0.25, 0.3) is 11.8 Å². The molecule has 0 aliphatic heterocycles. The first-order chi connectivity index (χ1) is 16.7. The van der Waals surface area contributed by atoms with Crippen LogP contribution in [0.1, 0.15) is 31.8 Å². The van der Waals surface area contributed by atoms with Crippen molar-refractivity contribution in [3.63, 3.8) is 0 Å². The van der Waals surface area contributed by atoms with E-state index in [1.165, 1.54) is 0 Å². The van der Waals surface area contributed by atoms with Crippen molar-refractivity contribution in [3.05, 3.63) is 144 Å². The molecular formula is C30H28N2O2. The van der Waals surface area contributed by atoms with Crippen molar-refractivity contribution in [2.75, 3.05) is 13.1 Å². The van der Waals surface area contributed by atoms with Crippen molar-refractivity contribution in [2.24, 2.45) is 0 Å². The highest BCUT2D eigenvalue weighted by atomic mass is 16.2. The lowest BCUT2D eigenvalue weighted by Crippen LogP contribution is -2.40. The molecule has 0 saturated carbocycles. The third kappa shape index (κ3) is 6.20. The first kappa shape index (κ1) is 23.0. The van der Waals surface area contributed by atoms with Gasteiger partial charge in [-0.3, -0.25) is 9.59 Å². The summed E-state index contributed by atoms with van der Waals surface area (Å²) in [7, 11) is 0. The molecule has 0 aliphatic carbocycles. The van der Waals surface area contributed by atoms with Crippen LogP contribution in [-0.2, 0) is 13.1 Å². The molecule has 34 heavy (non-hydrogen) atoms. The van der Waals surface area contributed by atoms with Crippen LogP contribution >= 0.6 is 0 Å². The maximum Gasteiger partial charge on any atom is 0.254 e. The number of carbonyl (C=O) groups is 2. The highest BCUT2D eigenvalue weighted by molar-refractivity contribution is 5.95. The summed E-state index contributed by atoms with van der Waals surface area (Å²) < 4.78 is 0. The van der Waals surface area contributed by atoms with E-state index in [4.69, 9.17) is 0 Å². The average molecular weight is 449 g/mol. The number of hydrogen-bond acceptors (Lipinski definition) is 2. The summed E-state index contributed by atoms with van der Waals surface area (Å²) in [5.74, 6) is -0.0902. The third-order valence-electron chi connectivity index (χ3n) is 5.69. The molecule has 4 nitrogen and oxygen atoms in total. The second-order valence-electron chi connectivity index (χ2n) is 8.16. The lowest BCUT2D eigenvalue weighted by Gasteiger charge is -2.28. The van der Waals surface area contributed by atoms with Gasteiger partial charge in [0.2, 0.25) is 0 Å². The minimum Gasteiger partial charge on any atom is -0.333 e. The smallest absolute Gasteiger partial charge is 0.254 e. The summed E-state index contributed by atoms with van der Waals surface area (Å²) >= 11 is 0. The largest absolute Gasteiger partial charge is 0.333 e. The minimum atomic E-state index is -0.0451. The molecule has 0 aromatic heterocycles. The summed E-state index contributed by atoms with van der Waals surface area (Å²) in [6, 6.07) is 38.5. The number of carbonyl (C=O) groups excluding carboxylic acids is 2. The highest BCUT2D eigenvalue weighted by Crippen LogP contribution is 2.14. The Balaban J connectivity index is 1.56. The summed E-state index contributed by atoms with van der Waals surface area (Å²) in [4.78, 5) is 30.4. The van der Waals surface area contributed by atoms with E-state index >= 15 is 0 Å². The van der Waals surface area contributed by atoms with E-state index in [2.05, 4.69) is 0 Å². The molecule has 0 aliphatic rings. The Bertz CT molecular complexity index is 1080. The first-order valence-electron chi connectivity index (χ1n) is 11.5. The molecule has 170 valence electrons. The monoisotopic (exact) mass is 448 g/mol. The van der Waals surface area contributed by atoms with Crippen LogP contribution in [0.4, 0.5) is 0 Å². The molecule has 0 unspecified atom stereocenters. The third-order valence-corrected chi connectivity index (χ3v) is 5.69. The average Bonchev–Trinajstić information content (AvgIpc) is 2.91. The van der Waals surface area contributed by atoms with Gasteiger partial charge in [0, 0.05) is 37.3 Å². The zero-order chi connectivity index (χ0) is 23.6. The van der Waals surface area contributed by atoms with Gasteiger partial charge in [-0.15, -0.1) is 0 Å². The number of amides is 2. The van der Waals surface area contributed by atoms with Crippen molar-refractivity contribution in [2.45, 2.75) is 13.1 Å². The van der Waals surface area contributed by atoms with Gasteiger partial charge in [-0.1, -0.05) is 97.1 Å². The fourth-order valence-electron chi connectivity index (χ4n) is 3.88. The lowest BCUT2D eigenvalue weighted by molar-refractivity contribution is 0.0644. The predicted octanol–water partition coefficient (Wildman–Crippen LogP) is 5.67. The molecule has 0 atom stereocenters. The molecule has 4 aromatic carbocycles. The molecule has 0 N–H and O–H groups in total. The molecule has 4 heteroatoms. The first-order valence-corrected chi connectivity index (χ1v) is 11.5. The van der Waals surface area contributed by atoms with E-state index < -0.39 is 0 Å². The molecule has 0 fully saturated rings. The van der Waals surface area contributed by atoms with Gasteiger partial charge < -0.3 is 9.80 Å². The van der Waals surface area contributed by atoms with Crippen LogP contribution in [0.5, 0.6) is 0 Å². The van der Waals surface area contributed by atoms with Gasteiger partial charge in [0.05, 0.1) is 0 Å². The minimum absolute atomic E-state index is 0.0451. The van der Waals surface area contributed by atoms with E-state index in [1.807, 2.05) is 131 Å². The van der Waals surface area contributed by atoms with E-state index in [9.17, 15) is 9.59 Å². The lowest BCUT2D eigenvalue weighted by atomic mass is 10.1. The Morgan fingerprint density at radius 1 is 0.441 bits per heavy atom. The molecule has 0 saturated heterocycles. The van der Waals surface area contributed by atoms with Crippen LogP contribution in [0.2, 0.25) is 0 Å². The number of rotatable bonds is 9. The normalized spacial score (nSPS) is 10.5. The number of hydrogen-bond donors (Lipinski definition) is 0. The van der Waals surface area contributed by atoms with Crippen LogP contribution in [0.3, 0.4) is 0 Å². The van der Waals surface area contributed by atoms with Crippen molar-refractivity contribution < 1.29 is 9.59 Å². The fraction of sp³-hybridized carbons (Fsp3) is 0.133. The molecule has 2 amide bonds. The summed E-state index contributed by atoms with van der Waals surface area (Å²) in [5, 5.41) is 0. The maximum atomic E-state index is 13.4. The Kier molecular flexibility index (Phi) is 7.86. The van der Waals surface area contributed by atoms with E-state index in [0.29, 0.717) is 37.3 Å². The fourth-order valence-corrected chi connectivity index (χ4v) is 3.88. The van der Waals surface area contributed by atoms with Crippen LogP contribution in [0, 0.1) is 0 Å². The molecule has 0 spiro atoms. The number of benzene rings is 4. The van der Waals surface area contributed by atoms with Crippen molar-refractivity contribution >= 4 is 11.8 Å². The van der Waals surface area contributed by atoms with Gasteiger partial charge in [-0.2, -0.15) is 0 Å². The summed E-state index contributed by atoms with van der Waals surface area (Å²) in [5.41, 5.74) is 3.39. The topological polar surface area (TPSA) is 40.6 Å². The van der Waals surface area contributed by atoms with Crippen molar-refractivity contribution in [1.82, 2.24) is 9.80 Å².